The van der Waals surface area contributed by atoms with E-state index in [2.05, 4.69) is 20.3 Å². The second-order valence-electron chi connectivity index (χ2n) is 9.21. The smallest absolute Gasteiger partial charge is 0.389 e. The Balaban J connectivity index is 1.56. The van der Waals surface area contributed by atoms with Crippen molar-refractivity contribution < 1.29 is 31.1 Å². The Bertz CT molecular complexity index is 1180. The second-order valence-corrected chi connectivity index (χ2v) is 12.3. The van der Waals surface area contributed by atoms with E-state index in [-0.39, 0.29) is 36.6 Å². The maximum atomic E-state index is 14.6. The zero-order valence-corrected chi connectivity index (χ0v) is 20.8. The van der Waals surface area contributed by atoms with E-state index in [9.17, 15) is 31.1 Å². The number of sulfonamides is 1. The van der Waals surface area contributed by atoms with Crippen molar-refractivity contribution in [2.75, 3.05) is 37.8 Å². The molecule has 194 valence electrons. The zero-order valence-electron chi connectivity index (χ0n) is 19.1. The normalized spacial score (nSPS) is 23.2. The third-order valence-electron chi connectivity index (χ3n) is 6.05. The molecule has 4 rings (SSSR count). The standard InChI is InChI=1S/C20H26F4N6O3S2/c1-19(31)5-8-29(11-19)10-14-27-17(20(22,23)24)16(34-14)15-13(21)9-25-18(28-15)26-12-3-6-30(7-4-12)35(2,32)33/h9,12,31H,3-8,10-11H2,1-2H3,(H,25,26,28). The van der Waals surface area contributed by atoms with Crippen molar-refractivity contribution in [2.24, 2.45) is 0 Å². The SMILES string of the molecule is CC1(O)CCN(Cc2nc(C(F)(F)F)c(-c3nc(NC4CCN(S(C)(=O)=O)CC4)ncc3F)s2)C1. The van der Waals surface area contributed by atoms with E-state index < -0.39 is 43.9 Å². The Hall–Kier alpha value is -1.94. The minimum Gasteiger partial charge on any atom is -0.389 e. The van der Waals surface area contributed by atoms with E-state index in [1.165, 1.54) is 4.31 Å². The number of thiazole rings is 1. The number of alkyl halides is 3. The summed E-state index contributed by atoms with van der Waals surface area (Å²) in [6.45, 7) is 3.14. The Labute approximate surface area is 204 Å². The van der Waals surface area contributed by atoms with Crippen molar-refractivity contribution in [3.05, 3.63) is 22.7 Å². The molecule has 15 heteroatoms. The lowest BCUT2D eigenvalue weighted by atomic mass is 10.1. The molecular weight excluding hydrogens is 512 g/mol. The number of halogens is 4. The van der Waals surface area contributed by atoms with E-state index >= 15 is 0 Å². The van der Waals surface area contributed by atoms with Crippen LogP contribution >= 0.6 is 11.3 Å². The van der Waals surface area contributed by atoms with Crippen LogP contribution in [0.5, 0.6) is 0 Å². The minimum absolute atomic E-state index is 0.0436. The fraction of sp³-hybridized carbons (Fsp3) is 0.650. The molecule has 2 aliphatic heterocycles. The van der Waals surface area contributed by atoms with Crippen molar-refractivity contribution in [1.29, 1.82) is 0 Å². The van der Waals surface area contributed by atoms with Crippen LogP contribution in [0.2, 0.25) is 0 Å². The highest BCUT2D eigenvalue weighted by Gasteiger charge is 2.40. The van der Waals surface area contributed by atoms with Crippen LogP contribution in [0, 0.1) is 5.82 Å². The molecule has 1 unspecified atom stereocenters. The number of hydrogen-bond donors (Lipinski definition) is 2. The first kappa shape index (κ1) is 26.1. The van der Waals surface area contributed by atoms with Gasteiger partial charge in [-0.1, -0.05) is 0 Å². The average Bonchev–Trinajstić information content (AvgIpc) is 3.32. The molecule has 0 aromatic carbocycles. The number of piperidine rings is 1. The zero-order chi connectivity index (χ0) is 25.6. The van der Waals surface area contributed by atoms with Gasteiger partial charge in [-0.25, -0.2) is 32.1 Å². The maximum Gasteiger partial charge on any atom is 0.434 e. The lowest BCUT2D eigenvalue weighted by molar-refractivity contribution is -0.140. The number of aromatic nitrogens is 3. The topological polar surface area (TPSA) is 112 Å². The molecule has 0 spiro atoms. The number of nitrogens with one attached hydrogen (secondary N) is 1. The molecule has 2 aromatic rings. The first-order valence-electron chi connectivity index (χ1n) is 11.0. The van der Waals surface area contributed by atoms with E-state index in [0.29, 0.717) is 43.7 Å². The number of nitrogens with zero attached hydrogens (tertiary/aromatic N) is 5. The van der Waals surface area contributed by atoms with E-state index in [1.807, 2.05) is 0 Å². The summed E-state index contributed by atoms with van der Waals surface area (Å²) in [7, 11) is -3.31. The van der Waals surface area contributed by atoms with Gasteiger partial charge in [-0.05, 0) is 26.2 Å². The first-order chi connectivity index (χ1) is 16.2. The molecule has 0 amide bonds. The number of rotatable bonds is 6. The van der Waals surface area contributed by atoms with Gasteiger partial charge in [0, 0.05) is 32.2 Å². The molecule has 2 aliphatic rings. The molecule has 0 bridgehead atoms. The van der Waals surface area contributed by atoms with E-state index in [4.69, 9.17) is 0 Å². The fourth-order valence-electron chi connectivity index (χ4n) is 4.26. The minimum atomic E-state index is -4.82. The molecule has 0 radical (unpaired) electrons. The highest BCUT2D eigenvalue weighted by Crippen LogP contribution is 2.41. The van der Waals surface area contributed by atoms with Gasteiger partial charge in [0.25, 0.3) is 0 Å². The van der Waals surface area contributed by atoms with Gasteiger partial charge in [-0.3, -0.25) is 4.90 Å². The molecule has 1 atom stereocenters. The van der Waals surface area contributed by atoms with Crippen LogP contribution in [0.4, 0.5) is 23.5 Å². The van der Waals surface area contributed by atoms with Crippen LogP contribution in [0.25, 0.3) is 10.6 Å². The predicted molar refractivity (Wildman–Crippen MR) is 122 cm³/mol. The number of aliphatic hydroxyl groups is 1. The number of hydrogen-bond acceptors (Lipinski definition) is 9. The number of anilines is 1. The molecule has 2 saturated heterocycles. The van der Waals surface area contributed by atoms with Gasteiger partial charge in [0.05, 0.1) is 29.5 Å². The van der Waals surface area contributed by atoms with Gasteiger partial charge in [-0.2, -0.15) is 13.2 Å². The summed E-state index contributed by atoms with van der Waals surface area (Å²) in [5, 5.41) is 13.2. The molecule has 2 N–H and O–H groups in total. The summed E-state index contributed by atoms with van der Waals surface area (Å²) in [5.74, 6) is -1.05. The Morgan fingerprint density at radius 2 is 1.94 bits per heavy atom. The third kappa shape index (κ3) is 6.25. The predicted octanol–water partition coefficient (Wildman–Crippen LogP) is 2.55. The molecule has 2 fully saturated rings. The highest BCUT2D eigenvalue weighted by molar-refractivity contribution is 7.88. The molecular formula is C20H26F4N6O3S2. The summed E-state index contributed by atoms with van der Waals surface area (Å²) in [6.07, 6.45) is -1.49. The lowest BCUT2D eigenvalue weighted by Crippen LogP contribution is -2.42. The van der Waals surface area contributed by atoms with Gasteiger partial charge in [0.1, 0.15) is 10.7 Å². The molecule has 2 aromatic heterocycles. The van der Waals surface area contributed by atoms with Crippen molar-refractivity contribution >= 4 is 27.3 Å². The Morgan fingerprint density at radius 3 is 2.51 bits per heavy atom. The van der Waals surface area contributed by atoms with E-state index in [1.54, 1.807) is 11.8 Å². The lowest BCUT2D eigenvalue weighted by Gasteiger charge is -2.30. The van der Waals surface area contributed by atoms with Crippen molar-refractivity contribution in [1.82, 2.24) is 24.2 Å². The van der Waals surface area contributed by atoms with Crippen molar-refractivity contribution in [2.45, 2.75) is 50.6 Å². The van der Waals surface area contributed by atoms with Gasteiger partial charge < -0.3 is 10.4 Å². The van der Waals surface area contributed by atoms with Gasteiger partial charge in [0.2, 0.25) is 16.0 Å². The van der Waals surface area contributed by atoms with Crippen molar-refractivity contribution in [3.63, 3.8) is 0 Å². The molecule has 0 saturated carbocycles. The van der Waals surface area contributed by atoms with Gasteiger partial charge in [-0.15, -0.1) is 11.3 Å². The summed E-state index contributed by atoms with van der Waals surface area (Å²) >= 11 is 0.713. The third-order valence-corrected chi connectivity index (χ3v) is 8.40. The number of likely N-dealkylation sites (tertiary alicyclic amines) is 1. The maximum absolute atomic E-state index is 14.6. The Kier molecular flexibility index (Phi) is 7.09. The first-order valence-corrected chi connectivity index (χ1v) is 13.6. The summed E-state index contributed by atoms with van der Waals surface area (Å²) < 4.78 is 80.7. The largest absolute Gasteiger partial charge is 0.434 e. The monoisotopic (exact) mass is 538 g/mol. The average molecular weight is 539 g/mol. The highest BCUT2D eigenvalue weighted by atomic mass is 32.2. The van der Waals surface area contributed by atoms with Crippen LogP contribution in [0.1, 0.15) is 36.9 Å². The summed E-state index contributed by atoms with van der Waals surface area (Å²) in [4.78, 5) is 13.0. The van der Waals surface area contributed by atoms with Crippen LogP contribution in [-0.4, -0.2) is 81.8 Å². The quantitative estimate of drug-likeness (QED) is 0.540. The summed E-state index contributed by atoms with van der Waals surface area (Å²) in [5.41, 5.74) is -2.63. The number of β-amino-alcohol motifs (C(OH)–C–C–N with tert-alkyl or cyclic N) is 1. The fourth-order valence-corrected chi connectivity index (χ4v) is 6.25. The van der Waals surface area contributed by atoms with Crippen LogP contribution < -0.4 is 5.32 Å². The van der Waals surface area contributed by atoms with E-state index in [0.717, 1.165) is 12.5 Å². The van der Waals surface area contributed by atoms with Crippen LogP contribution in [0.15, 0.2) is 6.20 Å². The summed E-state index contributed by atoms with van der Waals surface area (Å²) in [6, 6.07) is -0.214. The van der Waals surface area contributed by atoms with Crippen LogP contribution in [0.3, 0.4) is 0 Å². The molecule has 9 nitrogen and oxygen atoms in total. The Morgan fingerprint density at radius 1 is 1.26 bits per heavy atom. The molecule has 4 heterocycles. The second kappa shape index (κ2) is 9.50. The van der Waals surface area contributed by atoms with Crippen LogP contribution in [-0.2, 0) is 22.7 Å². The van der Waals surface area contributed by atoms with Crippen molar-refractivity contribution in [3.8, 4) is 10.6 Å². The molecule has 0 aliphatic carbocycles. The molecule has 35 heavy (non-hydrogen) atoms. The van der Waals surface area contributed by atoms with Gasteiger partial charge >= 0.3 is 6.18 Å². The van der Waals surface area contributed by atoms with Gasteiger partial charge in [0.15, 0.2) is 11.5 Å².